The number of aromatic nitrogens is 3. The smallest absolute Gasteiger partial charge is 0.255 e. The number of nitrogens with zero attached hydrogens (tertiary/aromatic N) is 5. The molecule has 0 saturated heterocycles. The summed E-state index contributed by atoms with van der Waals surface area (Å²) in [6.07, 6.45) is 2.08. The Morgan fingerprint density at radius 2 is 2.13 bits per heavy atom. The van der Waals surface area contributed by atoms with Gasteiger partial charge in [0, 0.05) is 24.8 Å². The second-order valence-corrected chi connectivity index (χ2v) is 7.24. The van der Waals surface area contributed by atoms with Crippen LogP contribution in [0.4, 0.5) is 21.7 Å². The fraction of sp³-hybridized carbons (Fsp3) is 0.190. The van der Waals surface area contributed by atoms with Gasteiger partial charge < -0.3 is 15.5 Å². The minimum absolute atomic E-state index is 0.130. The van der Waals surface area contributed by atoms with Crippen LogP contribution in [0.1, 0.15) is 27.2 Å². The molecule has 0 unspecified atom stereocenters. The van der Waals surface area contributed by atoms with Gasteiger partial charge in [0.25, 0.3) is 5.91 Å². The Balaban J connectivity index is 1.56. The van der Waals surface area contributed by atoms with Crippen molar-refractivity contribution in [3.63, 3.8) is 0 Å². The predicted octanol–water partition coefficient (Wildman–Crippen LogP) is 3.20. The molecule has 0 aliphatic carbocycles. The zero-order chi connectivity index (χ0) is 22.0. The highest BCUT2D eigenvalue weighted by Crippen LogP contribution is 2.30. The SMILES string of the molecule is CNC(=O)c1ccc(Nc2ncnc3c2CCN(c2ccc(C#N)c(Cl)c2)C3)nc1F. The monoisotopic (exact) mass is 437 g/mol. The molecule has 3 heterocycles. The van der Waals surface area contributed by atoms with Crippen LogP contribution in [-0.2, 0) is 13.0 Å². The highest BCUT2D eigenvalue weighted by atomic mass is 35.5. The van der Waals surface area contributed by atoms with Crippen LogP contribution < -0.4 is 15.5 Å². The quantitative estimate of drug-likeness (QED) is 0.603. The second kappa shape index (κ2) is 8.53. The Bertz CT molecular complexity index is 1210. The predicted molar refractivity (Wildman–Crippen MR) is 114 cm³/mol. The first-order valence-electron chi connectivity index (χ1n) is 9.43. The summed E-state index contributed by atoms with van der Waals surface area (Å²) in [4.78, 5) is 26.3. The van der Waals surface area contributed by atoms with Gasteiger partial charge in [0.05, 0.1) is 28.4 Å². The van der Waals surface area contributed by atoms with Crippen LogP contribution in [0.2, 0.25) is 5.02 Å². The van der Waals surface area contributed by atoms with Gasteiger partial charge in [0.1, 0.15) is 24.0 Å². The molecule has 0 radical (unpaired) electrons. The number of hydrogen-bond donors (Lipinski definition) is 2. The van der Waals surface area contributed by atoms with E-state index in [-0.39, 0.29) is 11.4 Å². The van der Waals surface area contributed by atoms with E-state index in [4.69, 9.17) is 16.9 Å². The Labute approximate surface area is 182 Å². The summed E-state index contributed by atoms with van der Waals surface area (Å²) >= 11 is 6.17. The molecule has 10 heteroatoms. The molecule has 1 aliphatic heterocycles. The molecule has 3 aromatic rings. The van der Waals surface area contributed by atoms with Crippen molar-refractivity contribution in [2.75, 3.05) is 23.8 Å². The molecule has 0 atom stereocenters. The molecule has 2 aromatic heterocycles. The van der Waals surface area contributed by atoms with Gasteiger partial charge in [-0.05, 0) is 36.8 Å². The Hall–Kier alpha value is -3.77. The van der Waals surface area contributed by atoms with Crippen LogP contribution in [0.3, 0.4) is 0 Å². The number of carbonyl (C=O) groups is 1. The molecule has 156 valence electrons. The zero-order valence-corrected chi connectivity index (χ0v) is 17.2. The maximum atomic E-state index is 14.2. The molecule has 0 saturated carbocycles. The minimum atomic E-state index is -0.865. The number of carbonyl (C=O) groups excluding carboxylic acids is 1. The van der Waals surface area contributed by atoms with Crippen molar-refractivity contribution >= 4 is 34.8 Å². The van der Waals surface area contributed by atoms with Crippen LogP contribution in [-0.4, -0.2) is 34.5 Å². The van der Waals surface area contributed by atoms with Crippen LogP contribution in [0.25, 0.3) is 0 Å². The first-order chi connectivity index (χ1) is 15.0. The number of nitrogens with one attached hydrogen (secondary N) is 2. The largest absolute Gasteiger partial charge is 0.365 e. The lowest BCUT2D eigenvalue weighted by molar-refractivity contribution is 0.0958. The van der Waals surface area contributed by atoms with Crippen LogP contribution in [0.5, 0.6) is 0 Å². The van der Waals surface area contributed by atoms with Gasteiger partial charge in [-0.25, -0.2) is 15.0 Å². The van der Waals surface area contributed by atoms with Crippen molar-refractivity contribution in [1.29, 1.82) is 5.26 Å². The van der Waals surface area contributed by atoms with Crippen LogP contribution in [0.15, 0.2) is 36.7 Å². The molecular formula is C21H17ClFN7O. The maximum Gasteiger partial charge on any atom is 0.255 e. The number of amides is 1. The summed E-state index contributed by atoms with van der Waals surface area (Å²) < 4.78 is 14.2. The molecule has 1 aliphatic rings. The van der Waals surface area contributed by atoms with Crippen molar-refractivity contribution < 1.29 is 9.18 Å². The van der Waals surface area contributed by atoms with E-state index < -0.39 is 11.9 Å². The molecule has 1 amide bonds. The highest BCUT2D eigenvalue weighted by Gasteiger charge is 2.22. The third-order valence-electron chi connectivity index (χ3n) is 5.01. The van der Waals surface area contributed by atoms with Crippen LogP contribution >= 0.6 is 11.6 Å². The second-order valence-electron chi connectivity index (χ2n) is 6.83. The first kappa shape index (κ1) is 20.5. The van der Waals surface area contributed by atoms with E-state index >= 15 is 0 Å². The van der Waals surface area contributed by atoms with E-state index in [1.54, 1.807) is 12.1 Å². The van der Waals surface area contributed by atoms with Gasteiger partial charge in [-0.1, -0.05) is 11.6 Å². The topological polar surface area (TPSA) is 107 Å². The zero-order valence-electron chi connectivity index (χ0n) is 16.5. The maximum absolute atomic E-state index is 14.2. The molecule has 1 aromatic carbocycles. The number of halogens is 2. The number of pyridine rings is 1. The van der Waals surface area contributed by atoms with Crippen molar-refractivity contribution in [1.82, 2.24) is 20.3 Å². The van der Waals surface area contributed by atoms with Gasteiger partial charge in [-0.2, -0.15) is 9.65 Å². The molecule has 2 N–H and O–H groups in total. The Morgan fingerprint density at radius 1 is 1.29 bits per heavy atom. The van der Waals surface area contributed by atoms with E-state index in [1.165, 1.54) is 25.5 Å². The highest BCUT2D eigenvalue weighted by molar-refractivity contribution is 6.32. The third-order valence-corrected chi connectivity index (χ3v) is 5.32. The van der Waals surface area contributed by atoms with E-state index in [9.17, 15) is 9.18 Å². The number of rotatable bonds is 4. The van der Waals surface area contributed by atoms with Gasteiger partial charge in [0.15, 0.2) is 0 Å². The van der Waals surface area contributed by atoms with Gasteiger partial charge in [-0.3, -0.25) is 4.79 Å². The molecule has 8 nitrogen and oxygen atoms in total. The first-order valence-corrected chi connectivity index (χ1v) is 9.81. The summed E-state index contributed by atoms with van der Waals surface area (Å²) in [5.41, 5.74) is 2.94. The minimum Gasteiger partial charge on any atom is -0.365 e. The normalized spacial score (nSPS) is 12.6. The fourth-order valence-corrected chi connectivity index (χ4v) is 3.62. The summed E-state index contributed by atoms with van der Waals surface area (Å²) in [5, 5.41) is 14.9. The van der Waals surface area contributed by atoms with Crippen molar-refractivity contribution in [3.8, 4) is 6.07 Å². The lowest BCUT2D eigenvalue weighted by atomic mass is 10.0. The van der Waals surface area contributed by atoms with Crippen molar-refractivity contribution in [2.24, 2.45) is 0 Å². The van der Waals surface area contributed by atoms with Crippen molar-refractivity contribution in [2.45, 2.75) is 13.0 Å². The number of nitriles is 1. The van der Waals surface area contributed by atoms with Gasteiger partial charge in [0.2, 0.25) is 5.95 Å². The molecule has 4 rings (SSSR count). The van der Waals surface area contributed by atoms with Crippen molar-refractivity contribution in [3.05, 3.63) is 70.0 Å². The molecule has 31 heavy (non-hydrogen) atoms. The standard InChI is InChI=1S/C21H17ClFN7O/c1-25-21(31)15-4-5-18(28-19(15)23)29-20-14-6-7-30(10-17(14)26-11-27-20)13-3-2-12(9-24)16(22)8-13/h2-5,8,11H,6-7,10H2,1H3,(H,25,31)(H,26,27,28,29). The van der Waals surface area contributed by atoms with E-state index in [0.29, 0.717) is 35.9 Å². The Kier molecular flexibility index (Phi) is 5.64. The lowest BCUT2D eigenvalue weighted by Gasteiger charge is -2.30. The summed E-state index contributed by atoms with van der Waals surface area (Å²) in [6, 6.07) is 10.3. The van der Waals surface area contributed by atoms with Gasteiger partial charge >= 0.3 is 0 Å². The number of benzene rings is 1. The molecular weight excluding hydrogens is 421 g/mol. The Morgan fingerprint density at radius 3 is 2.84 bits per heavy atom. The summed E-state index contributed by atoms with van der Waals surface area (Å²) in [5.74, 6) is -0.621. The summed E-state index contributed by atoms with van der Waals surface area (Å²) in [6.45, 7) is 1.22. The van der Waals surface area contributed by atoms with Crippen LogP contribution in [0, 0.1) is 17.3 Å². The summed E-state index contributed by atoms with van der Waals surface area (Å²) in [7, 11) is 1.43. The van der Waals surface area contributed by atoms with E-state index in [0.717, 1.165) is 16.9 Å². The molecule has 0 spiro atoms. The number of anilines is 3. The number of hydrogen-bond acceptors (Lipinski definition) is 7. The molecule has 0 fully saturated rings. The van der Waals surface area contributed by atoms with E-state index in [1.807, 2.05) is 6.07 Å². The number of fused-ring (bicyclic) bond motifs is 1. The average Bonchev–Trinajstić information content (AvgIpc) is 2.78. The van der Waals surface area contributed by atoms with E-state index in [2.05, 4.69) is 36.6 Å². The lowest BCUT2D eigenvalue weighted by Crippen LogP contribution is -2.31. The van der Waals surface area contributed by atoms with Gasteiger partial charge in [-0.15, -0.1) is 0 Å². The molecule has 0 bridgehead atoms. The average molecular weight is 438 g/mol. The third kappa shape index (κ3) is 4.11. The fourth-order valence-electron chi connectivity index (χ4n) is 3.40.